The van der Waals surface area contributed by atoms with Crippen molar-refractivity contribution >= 4 is 17.7 Å². The first kappa shape index (κ1) is 16.8. The van der Waals surface area contributed by atoms with Crippen LogP contribution in [-0.2, 0) is 11.0 Å². The van der Waals surface area contributed by atoms with Crippen LogP contribution in [0.3, 0.4) is 0 Å². The predicted octanol–water partition coefficient (Wildman–Crippen LogP) is 3.00. The lowest BCUT2D eigenvalue weighted by atomic mass is 10.1. The highest BCUT2D eigenvalue weighted by molar-refractivity contribution is 5.92. The fraction of sp³-hybridized carbons (Fsp3) is 0.385. The molecule has 3 N–H and O–H groups in total. The van der Waals surface area contributed by atoms with E-state index in [9.17, 15) is 22.8 Å². The van der Waals surface area contributed by atoms with Gasteiger partial charge in [-0.1, -0.05) is 13.0 Å². The summed E-state index contributed by atoms with van der Waals surface area (Å²) in [6.45, 7) is 2.87. The van der Waals surface area contributed by atoms with Gasteiger partial charge in [0, 0.05) is 5.69 Å². The number of rotatable bonds is 4. The van der Waals surface area contributed by atoms with Crippen LogP contribution >= 0.6 is 0 Å². The number of benzene rings is 1. The van der Waals surface area contributed by atoms with Crippen LogP contribution in [0, 0.1) is 6.92 Å². The van der Waals surface area contributed by atoms with Gasteiger partial charge in [0.15, 0.2) is 0 Å². The molecule has 5 nitrogen and oxygen atoms in total. The summed E-state index contributed by atoms with van der Waals surface area (Å²) in [6.07, 6.45) is -4.37. The molecule has 0 aromatic heterocycles. The van der Waals surface area contributed by atoms with E-state index in [-0.39, 0.29) is 17.7 Å². The van der Waals surface area contributed by atoms with Gasteiger partial charge in [-0.25, -0.2) is 9.59 Å². The van der Waals surface area contributed by atoms with E-state index in [0.717, 1.165) is 6.07 Å². The fourth-order valence-electron chi connectivity index (χ4n) is 1.67. The van der Waals surface area contributed by atoms with Gasteiger partial charge in [-0.2, -0.15) is 13.2 Å². The number of aliphatic carboxylic acids is 1. The van der Waals surface area contributed by atoms with Crippen LogP contribution in [0.1, 0.15) is 24.5 Å². The third kappa shape index (κ3) is 4.66. The molecule has 2 amide bonds. The molecule has 1 atom stereocenters. The summed E-state index contributed by atoms with van der Waals surface area (Å²) in [7, 11) is 0. The van der Waals surface area contributed by atoms with E-state index < -0.39 is 29.8 Å². The van der Waals surface area contributed by atoms with Gasteiger partial charge in [0.1, 0.15) is 6.04 Å². The first-order chi connectivity index (χ1) is 9.65. The number of carboxylic acids is 1. The van der Waals surface area contributed by atoms with Gasteiger partial charge in [-0.3, -0.25) is 0 Å². The van der Waals surface area contributed by atoms with E-state index in [1.165, 1.54) is 19.1 Å². The third-order valence-corrected chi connectivity index (χ3v) is 2.81. The molecule has 1 unspecified atom stereocenters. The predicted molar refractivity (Wildman–Crippen MR) is 70.1 cm³/mol. The van der Waals surface area contributed by atoms with Crippen LogP contribution in [0.4, 0.5) is 23.7 Å². The molecule has 0 saturated carbocycles. The monoisotopic (exact) mass is 304 g/mol. The molecule has 1 aromatic rings. The Labute approximate surface area is 119 Å². The van der Waals surface area contributed by atoms with Gasteiger partial charge in [-0.05, 0) is 31.0 Å². The Morgan fingerprint density at radius 1 is 1.33 bits per heavy atom. The summed E-state index contributed by atoms with van der Waals surface area (Å²) in [5.41, 5.74) is -0.887. The molecule has 0 aliphatic rings. The number of anilines is 1. The first-order valence-electron chi connectivity index (χ1n) is 6.13. The second kappa shape index (κ2) is 6.47. The Morgan fingerprint density at radius 3 is 2.43 bits per heavy atom. The van der Waals surface area contributed by atoms with Gasteiger partial charge in [0.05, 0.1) is 5.56 Å². The minimum absolute atomic E-state index is 0.0328. The topological polar surface area (TPSA) is 78.4 Å². The van der Waals surface area contributed by atoms with E-state index in [1.807, 2.05) is 0 Å². The second-order valence-corrected chi connectivity index (χ2v) is 4.42. The molecule has 0 spiro atoms. The molecule has 0 aliphatic carbocycles. The van der Waals surface area contributed by atoms with Crippen molar-refractivity contribution in [1.29, 1.82) is 0 Å². The average Bonchev–Trinajstić information content (AvgIpc) is 2.36. The summed E-state index contributed by atoms with van der Waals surface area (Å²) >= 11 is 0. The van der Waals surface area contributed by atoms with Crippen molar-refractivity contribution in [3.05, 3.63) is 29.3 Å². The maximum atomic E-state index is 12.7. The fourth-order valence-corrected chi connectivity index (χ4v) is 1.67. The molecule has 21 heavy (non-hydrogen) atoms. The number of aryl methyl sites for hydroxylation is 1. The first-order valence-corrected chi connectivity index (χ1v) is 6.13. The lowest BCUT2D eigenvalue weighted by Crippen LogP contribution is -2.42. The number of hydrogen-bond donors (Lipinski definition) is 3. The molecule has 1 aromatic carbocycles. The molecule has 0 fully saturated rings. The van der Waals surface area contributed by atoms with Crippen molar-refractivity contribution in [3.63, 3.8) is 0 Å². The van der Waals surface area contributed by atoms with Crippen molar-refractivity contribution < 1.29 is 27.9 Å². The van der Waals surface area contributed by atoms with Crippen molar-refractivity contribution in [2.24, 2.45) is 0 Å². The van der Waals surface area contributed by atoms with Crippen LogP contribution in [0.5, 0.6) is 0 Å². The summed E-state index contributed by atoms with van der Waals surface area (Å²) in [5.74, 6) is -1.22. The van der Waals surface area contributed by atoms with Gasteiger partial charge >= 0.3 is 18.2 Å². The highest BCUT2D eigenvalue weighted by atomic mass is 19.4. The lowest BCUT2D eigenvalue weighted by Gasteiger charge is -2.15. The smallest absolute Gasteiger partial charge is 0.416 e. The Kier molecular flexibility index (Phi) is 5.17. The molecule has 1 rings (SSSR count). The molecule has 0 heterocycles. The summed E-state index contributed by atoms with van der Waals surface area (Å²) in [5, 5.41) is 13.1. The largest absolute Gasteiger partial charge is 0.480 e. The average molecular weight is 304 g/mol. The Bertz CT molecular complexity index is 544. The maximum absolute atomic E-state index is 12.7. The zero-order valence-corrected chi connectivity index (χ0v) is 11.4. The lowest BCUT2D eigenvalue weighted by molar-refractivity contribution is -0.139. The highest BCUT2D eigenvalue weighted by Crippen LogP contribution is 2.33. The summed E-state index contributed by atoms with van der Waals surface area (Å²) in [4.78, 5) is 22.3. The number of urea groups is 1. The zero-order chi connectivity index (χ0) is 16.2. The van der Waals surface area contributed by atoms with Crippen LogP contribution in [0.25, 0.3) is 0 Å². The van der Waals surface area contributed by atoms with Gasteiger partial charge in [-0.15, -0.1) is 0 Å². The molecule has 0 saturated heterocycles. The molecular weight excluding hydrogens is 289 g/mol. The molecular formula is C13H15F3N2O3. The molecule has 0 radical (unpaired) electrons. The normalized spacial score (nSPS) is 12.6. The number of carbonyl (C=O) groups is 2. The van der Waals surface area contributed by atoms with Crippen molar-refractivity contribution in [1.82, 2.24) is 5.32 Å². The van der Waals surface area contributed by atoms with E-state index in [4.69, 9.17) is 5.11 Å². The standard InChI is InChI=1S/C13H15F3N2O3/c1-3-10(11(19)20)18-12(21)17-8-5-4-7(2)9(6-8)13(14,15)16/h4-6,10H,3H2,1-2H3,(H,19,20)(H2,17,18,21). The maximum Gasteiger partial charge on any atom is 0.416 e. The molecule has 0 bridgehead atoms. The second-order valence-electron chi connectivity index (χ2n) is 4.42. The third-order valence-electron chi connectivity index (χ3n) is 2.81. The van der Waals surface area contributed by atoms with Crippen molar-refractivity contribution in [2.45, 2.75) is 32.5 Å². The van der Waals surface area contributed by atoms with Crippen molar-refractivity contribution in [3.8, 4) is 0 Å². The van der Waals surface area contributed by atoms with E-state index in [2.05, 4.69) is 10.6 Å². The van der Waals surface area contributed by atoms with Crippen molar-refractivity contribution in [2.75, 3.05) is 5.32 Å². The Morgan fingerprint density at radius 2 is 1.95 bits per heavy atom. The number of alkyl halides is 3. The summed E-state index contributed by atoms with van der Waals surface area (Å²) in [6, 6.07) is 1.37. The van der Waals surface area contributed by atoms with Gasteiger partial charge < -0.3 is 15.7 Å². The Hall–Kier alpha value is -2.25. The quantitative estimate of drug-likeness (QED) is 0.800. The number of amides is 2. The van der Waals surface area contributed by atoms with Crippen LogP contribution in [0.15, 0.2) is 18.2 Å². The number of halogens is 3. The SMILES string of the molecule is CCC(NC(=O)Nc1ccc(C)c(C(F)(F)F)c1)C(=O)O. The van der Waals surface area contributed by atoms with Gasteiger partial charge in [0.2, 0.25) is 0 Å². The molecule has 8 heteroatoms. The van der Waals surface area contributed by atoms with E-state index in [1.54, 1.807) is 6.92 Å². The number of carbonyl (C=O) groups excluding carboxylic acids is 1. The minimum atomic E-state index is -4.52. The highest BCUT2D eigenvalue weighted by Gasteiger charge is 2.32. The Balaban J connectivity index is 2.84. The summed E-state index contributed by atoms with van der Waals surface area (Å²) < 4.78 is 38.2. The van der Waals surface area contributed by atoms with Crippen LogP contribution < -0.4 is 10.6 Å². The number of nitrogens with one attached hydrogen (secondary N) is 2. The zero-order valence-electron chi connectivity index (χ0n) is 11.4. The van der Waals surface area contributed by atoms with Crippen LogP contribution in [-0.4, -0.2) is 23.1 Å². The minimum Gasteiger partial charge on any atom is -0.480 e. The number of carboxylic acid groups (broad SMARTS) is 1. The molecule has 116 valence electrons. The van der Waals surface area contributed by atoms with E-state index in [0.29, 0.717) is 0 Å². The van der Waals surface area contributed by atoms with Gasteiger partial charge in [0.25, 0.3) is 0 Å². The number of hydrogen-bond acceptors (Lipinski definition) is 2. The van der Waals surface area contributed by atoms with E-state index >= 15 is 0 Å². The van der Waals surface area contributed by atoms with Crippen LogP contribution in [0.2, 0.25) is 0 Å². The molecule has 0 aliphatic heterocycles.